The topological polar surface area (TPSA) is 41.1 Å². The molecule has 118 valence electrons. The predicted octanol–water partition coefficient (Wildman–Crippen LogP) is 3.27. The maximum Gasteiger partial charge on any atom is 0.416 e. The Balaban J connectivity index is 3.11. The number of amides is 1. The maximum absolute atomic E-state index is 12.6. The van der Waals surface area contributed by atoms with E-state index in [0.717, 1.165) is 0 Å². The normalized spacial score (nSPS) is 12.3. The summed E-state index contributed by atoms with van der Waals surface area (Å²) in [4.78, 5) is 11.4. The highest BCUT2D eigenvalue weighted by Crippen LogP contribution is 2.37. The van der Waals surface area contributed by atoms with Crippen LogP contribution < -0.4 is 10.6 Å². The number of nitrogens with one attached hydrogen (secondary N) is 2. The monoisotopic (exact) mass is 314 g/mol. The van der Waals surface area contributed by atoms with Gasteiger partial charge in [-0.2, -0.15) is 26.3 Å². The van der Waals surface area contributed by atoms with Crippen LogP contribution in [0.5, 0.6) is 0 Å². The van der Waals surface area contributed by atoms with Gasteiger partial charge in [-0.05, 0) is 25.2 Å². The number of carbonyl (C=O) groups excluding carboxylic acids is 1. The van der Waals surface area contributed by atoms with Crippen molar-refractivity contribution in [1.82, 2.24) is 5.32 Å². The summed E-state index contributed by atoms with van der Waals surface area (Å²) >= 11 is 0. The third-order valence-electron chi connectivity index (χ3n) is 2.47. The number of halogens is 6. The molecule has 0 bridgehead atoms. The van der Waals surface area contributed by atoms with Gasteiger partial charge in [-0.15, -0.1) is 0 Å². The Morgan fingerprint density at radius 1 is 1.00 bits per heavy atom. The van der Waals surface area contributed by atoms with Crippen molar-refractivity contribution in [2.75, 3.05) is 18.9 Å². The zero-order valence-electron chi connectivity index (χ0n) is 10.8. The van der Waals surface area contributed by atoms with Crippen LogP contribution in [0.25, 0.3) is 0 Å². The number of hydrogen-bond acceptors (Lipinski definition) is 2. The van der Waals surface area contributed by atoms with Gasteiger partial charge >= 0.3 is 12.4 Å². The molecule has 0 fully saturated rings. The number of anilines is 1. The smallest absolute Gasteiger partial charge is 0.326 e. The number of carbonyl (C=O) groups is 1. The first-order valence-corrected chi connectivity index (χ1v) is 5.78. The highest BCUT2D eigenvalue weighted by Gasteiger charge is 2.37. The summed E-state index contributed by atoms with van der Waals surface area (Å²) in [6, 6.07) is 0.933. The molecule has 0 spiro atoms. The van der Waals surface area contributed by atoms with E-state index >= 15 is 0 Å². The van der Waals surface area contributed by atoms with Gasteiger partial charge < -0.3 is 10.6 Å². The van der Waals surface area contributed by atoms with Gasteiger partial charge in [0, 0.05) is 18.7 Å². The highest BCUT2D eigenvalue weighted by atomic mass is 19.4. The fourth-order valence-electron chi connectivity index (χ4n) is 1.49. The molecule has 21 heavy (non-hydrogen) atoms. The summed E-state index contributed by atoms with van der Waals surface area (Å²) in [7, 11) is 1.55. The minimum atomic E-state index is -4.94. The average Bonchev–Trinajstić information content (AvgIpc) is 2.34. The van der Waals surface area contributed by atoms with E-state index in [9.17, 15) is 31.1 Å². The number of benzene rings is 1. The van der Waals surface area contributed by atoms with E-state index in [1.165, 1.54) is 0 Å². The van der Waals surface area contributed by atoms with Gasteiger partial charge in [0.1, 0.15) is 0 Å². The predicted molar refractivity (Wildman–Crippen MR) is 63.6 cm³/mol. The Morgan fingerprint density at radius 2 is 1.48 bits per heavy atom. The molecule has 1 amide bonds. The third-order valence-corrected chi connectivity index (χ3v) is 2.47. The summed E-state index contributed by atoms with van der Waals surface area (Å²) in [6.45, 7) is 0.247. The second-order valence-corrected chi connectivity index (χ2v) is 4.20. The van der Waals surface area contributed by atoms with E-state index in [0.29, 0.717) is 12.1 Å². The van der Waals surface area contributed by atoms with Gasteiger partial charge in [0.2, 0.25) is 5.91 Å². The Morgan fingerprint density at radius 3 is 1.86 bits per heavy atom. The minimum Gasteiger partial charge on any atom is -0.326 e. The van der Waals surface area contributed by atoms with Gasteiger partial charge in [0.25, 0.3) is 0 Å². The van der Waals surface area contributed by atoms with Crippen LogP contribution in [0.4, 0.5) is 32.0 Å². The van der Waals surface area contributed by atoms with Crippen molar-refractivity contribution < 1.29 is 31.1 Å². The quantitative estimate of drug-likeness (QED) is 0.838. The van der Waals surface area contributed by atoms with E-state index in [2.05, 4.69) is 5.32 Å². The van der Waals surface area contributed by atoms with E-state index in [-0.39, 0.29) is 19.0 Å². The first-order valence-electron chi connectivity index (χ1n) is 5.78. The first-order chi connectivity index (χ1) is 9.54. The number of alkyl halides is 6. The standard InChI is InChI=1S/C12H12F6N2O/c1-19-3-2-10(21)20-9-5-7(11(13,14)15)4-8(6-9)12(16,17)18/h4-6,19H,2-3H2,1H3,(H,20,21). The molecule has 3 nitrogen and oxygen atoms in total. The molecule has 0 radical (unpaired) electrons. The van der Waals surface area contributed by atoms with E-state index in [1.807, 2.05) is 5.32 Å². The van der Waals surface area contributed by atoms with Crippen LogP contribution in [0.2, 0.25) is 0 Å². The first kappa shape index (κ1) is 17.3. The Kier molecular flexibility index (Phi) is 5.21. The lowest BCUT2D eigenvalue weighted by molar-refractivity contribution is -0.143. The Hall–Kier alpha value is -1.77. The molecule has 0 aliphatic rings. The Labute approximate surface area is 116 Å². The average molecular weight is 314 g/mol. The largest absolute Gasteiger partial charge is 0.416 e. The maximum atomic E-state index is 12.6. The molecule has 0 unspecified atom stereocenters. The van der Waals surface area contributed by atoms with Crippen molar-refractivity contribution >= 4 is 11.6 Å². The van der Waals surface area contributed by atoms with E-state index in [1.54, 1.807) is 7.05 Å². The van der Waals surface area contributed by atoms with Crippen molar-refractivity contribution in [3.63, 3.8) is 0 Å². The van der Waals surface area contributed by atoms with Crippen LogP contribution in [-0.4, -0.2) is 19.5 Å². The lowest BCUT2D eigenvalue weighted by Gasteiger charge is -2.14. The van der Waals surface area contributed by atoms with Crippen LogP contribution in [0.15, 0.2) is 18.2 Å². The Bertz CT molecular complexity index is 477. The fraction of sp³-hybridized carbons (Fsp3) is 0.417. The molecule has 0 heterocycles. The second-order valence-electron chi connectivity index (χ2n) is 4.20. The summed E-state index contributed by atoms with van der Waals surface area (Å²) in [5, 5.41) is 4.66. The van der Waals surface area contributed by atoms with Gasteiger partial charge in [0.15, 0.2) is 0 Å². The fourth-order valence-corrected chi connectivity index (χ4v) is 1.49. The molecule has 0 saturated carbocycles. The van der Waals surface area contributed by atoms with Crippen LogP contribution in [0.1, 0.15) is 17.5 Å². The summed E-state index contributed by atoms with van der Waals surface area (Å²) in [6.07, 6.45) is -9.95. The van der Waals surface area contributed by atoms with E-state index in [4.69, 9.17) is 0 Å². The highest BCUT2D eigenvalue weighted by molar-refractivity contribution is 5.91. The molecule has 1 rings (SSSR count). The van der Waals surface area contributed by atoms with Gasteiger partial charge in [-0.1, -0.05) is 0 Å². The van der Waals surface area contributed by atoms with Crippen molar-refractivity contribution in [3.8, 4) is 0 Å². The molecule has 0 aliphatic carbocycles. The molecule has 9 heteroatoms. The number of rotatable bonds is 4. The molecule has 1 aromatic rings. The lowest BCUT2D eigenvalue weighted by atomic mass is 10.1. The van der Waals surface area contributed by atoms with Crippen LogP contribution in [0, 0.1) is 0 Å². The molecule has 0 aliphatic heterocycles. The molecule has 0 aromatic heterocycles. The number of hydrogen-bond donors (Lipinski definition) is 2. The van der Waals surface area contributed by atoms with Crippen LogP contribution in [0.3, 0.4) is 0 Å². The van der Waals surface area contributed by atoms with E-state index < -0.39 is 35.1 Å². The molecule has 0 atom stereocenters. The van der Waals surface area contributed by atoms with Crippen molar-refractivity contribution in [2.24, 2.45) is 0 Å². The molecule has 0 saturated heterocycles. The summed E-state index contributed by atoms with van der Waals surface area (Å²) in [5.41, 5.74) is -3.49. The van der Waals surface area contributed by atoms with Crippen molar-refractivity contribution in [2.45, 2.75) is 18.8 Å². The molecular formula is C12H12F6N2O. The van der Waals surface area contributed by atoms with Gasteiger partial charge in [-0.25, -0.2) is 0 Å². The van der Waals surface area contributed by atoms with Crippen LogP contribution in [-0.2, 0) is 17.1 Å². The van der Waals surface area contributed by atoms with Gasteiger partial charge in [-0.3, -0.25) is 4.79 Å². The lowest BCUT2D eigenvalue weighted by Crippen LogP contribution is -2.19. The third kappa shape index (κ3) is 5.25. The zero-order valence-corrected chi connectivity index (χ0v) is 10.8. The zero-order chi connectivity index (χ0) is 16.3. The minimum absolute atomic E-state index is 0.00323. The van der Waals surface area contributed by atoms with Gasteiger partial charge in [0.05, 0.1) is 11.1 Å². The molecule has 1 aromatic carbocycles. The summed E-state index contributed by atoms with van der Waals surface area (Å²) < 4.78 is 75.5. The van der Waals surface area contributed by atoms with Crippen molar-refractivity contribution in [3.05, 3.63) is 29.3 Å². The summed E-state index contributed by atoms with van der Waals surface area (Å²) in [5.74, 6) is -0.684. The SMILES string of the molecule is CNCCC(=O)Nc1cc(C(F)(F)F)cc(C(F)(F)F)c1. The van der Waals surface area contributed by atoms with Crippen LogP contribution >= 0.6 is 0 Å². The molecular weight excluding hydrogens is 302 g/mol. The second kappa shape index (κ2) is 6.33. The molecule has 2 N–H and O–H groups in total. The van der Waals surface area contributed by atoms with Crippen molar-refractivity contribution in [1.29, 1.82) is 0 Å².